The van der Waals surface area contributed by atoms with Gasteiger partial charge in [0.15, 0.2) is 5.65 Å². The average molecular weight is 355 g/mol. The summed E-state index contributed by atoms with van der Waals surface area (Å²) in [6.45, 7) is 6.95. The van der Waals surface area contributed by atoms with Crippen molar-refractivity contribution in [2.24, 2.45) is 5.92 Å². The number of amides is 1. The van der Waals surface area contributed by atoms with Gasteiger partial charge in [0.2, 0.25) is 5.91 Å². The van der Waals surface area contributed by atoms with Crippen molar-refractivity contribution in [2.45, 2.75) is 12.8 Å². The van der Waals surface area contributed by atoms with Gasteiger partial charge in [-0.2, -0.15) is 9.61 Å². The molecule has 26 heavy (non-hydrogen) atoms. The molecule has 2 N–H and O–H groups in total. The van der Waals surface area contributed by atoms with E-state index >= 15 is 0 Å². The first-order valence-corrected chi connectivity index (χ1v) is 9.62. The van der Waals surface area contributed by atoms with Crippen LogP contribution in [0.25, 0.3) is 5.65 Å². The minimum absolute atomic E-state index is 0.103. The SMILES string of the molecule is O=C(C1CN(c2c3c(nc4ccnn24)CCNCC3)C1)N1CCNCC1. The van der Waals surface area contributed by atoms with Gasteiger partial charge >= 0.3 is 0 Å². The van der Waals surface area contributed by atoms with Crippen molar-refractivity contribution in [3.8, 4) is 0 Å². The Morgan fingerprint density at radius 1 is 1.08 bits per heavy atom. The number of hydrogen-bond donors (Lipinski definition) is 2. The maximum Gasteiger partial charge on any atom is 0.229 e. The highest BCUT2D eigenvalue weighted by atomic mass is 16.2. The smallest absolute Gasteiger partial charge is 0.229 e. The van der Waals surface area contributed by atoms with E-state index in [9.17, 15) is 4.79 Å². The molecule has 8 heteroatoms. The van der Waals surface area contributed by atoms with E-state index in [1.807, 2.05) is 21.7 Å². The van der Waals surface area contributed by atoms with Gasteiger partial charge in [-0.1, -0.05) is 0 Å². The predicted molar refractivity (Wildman–Crippen MR) is 98.4 cm³/mol. The molecule has 0 saturated carbocycles. The minimum atomic E-state index is 0.103. The number of rotatable bonds is 2. The molecular formula is C18H25N7O. The van der Waals surface area contributed by atoms with Crippen molar-refractivity contribution in [3.63, 3.8) is 0 Å². The van der Waals surface area contributed by atoms with Crippen LogP contribution in [0.15, 0.2) is 12.3 Å². The summed E-state index contributed by atoms with van der Waals surface area (Å²) < 4.78 is 1.95. The number of anilines is 1. The molecule has 138 valence electrons. The molecule has 2 saturated heterocycles. The molecule has 5 rings (SSSR count). The number of nitrogens with zero attached hydrogens (tertiary/aromatic N) is 5. The van der Waals surface area contributed by atoms with Crippen molar-refractivity contribution in [3.05, 3.63) is 23.5 Å². The van der Waals surface area contributed by atoms with Gasteiger partial charge in [-0.25, -0.2) is 4.98 Å². The molecule has 0 radical (unpaired) electrons. The second-order valence-corrected chi connectivity index (χ2v) is 7.39. The number of carbonyl (C=O) groups excluding carboxylic acids is 1. The van der Waals surface area contributed by atoms with Crippen LogP contribution in [0.4, 0.5) is 5.82 Å². The third kappa shape index (κ3) is 2.64. The van der Waals surface area contributed by atoms with Gasteiger partial charge in [-0.3, -0.25) is 4.79 Å². The number of fused-ring (bicyclic) bond motifs is 2. The molecular weight excluding hydrogens is 330 g/mol. The highest BCUT2D eigenvalue weighted by Crippen LogP contribution is 2.32. The molecule has 0 unspecified atom stereocenters. The number of nitrogens with one attached hydrogen (secondary N) is 2. The Labute approximate surface area is 152 Å². The summed E-state index contributed by atoms with van der Waals surface area (Å²) >= 11 is 0. The normalized spacial score (nSPS) is 21.4. The van der Waals surface area contributed by atoms with Crippen LogP contribution in [0, 0.1) is 5.92 Å². The van der Waals surface area contributed by atoms with Crippen molar-refractivity contribution in [1.82, 2.24) is 30.1 Å². The van der Waals surface area contributed by atoms with E-state index in [-0.39, 0.29) is 5.92 Å². The molecule has 0 aromatic carbocycles. The third-order valence-corrected chi connectivity index (χ3v) is 5.74. The Bertz CT molecular complexity index is 820. The average Bonchev–Trinajstić information content (AvgIpc) is 2.97. The van der Waals surface area contributed by atoms with Crippen LogP contribution in [0.3, 0.4) is 0 Å². The summed E-state index contributed by atoms with van der Waals surface area (Å²) in [5.74, 6) is 1.55. The van der Waals surface area contributed by atoms with Crippen molar-refractivity contribution in [2.75, 3.05) is 57.3 Å². The van der Waals surface area contributed by atoms with E-state index in [0.717, 1.165) is 76.7 Å². The molecule has 0 bridgehead atoms. The zero-order valence-corrected chi connectivity index (χ0v) is 14.9. The number of carbonyl (C=O) groups is 1. The van der Waals surface area contributed by atoms with Gasteiger partial charge in [0, 0.05) is 63.9 Å². The maximum absolute atomic E-state index is 12.7. The van der Waals surface area contributed by atoms with Gasteiger partial charge in [0.1, 0.15) is 5.82 Å². The lowest BCUT2D eigenvalue weighted by atomic mass is 9.96. The summed E-state index contributed by atoms with van der Waals surface area (Å²) in [7, 11) is 0. The Hall–Kier alpha value is -2.19. The molecule has 0 aliphatic carbocycles. The fraction of sp³-hybridized carbons (Fsp3) is 0.611. The molecule has 2 aromatic rings. The second-order valence-electron chi connectivity index (χ2n) is 7.39. The van der Waals surface area contributed by atoms with Gasteiger partial charge in [0.05, 0.1) is 17.8 Å². The topological polar surface area (TPSA) is 77.8 Å². The number of piperazine rings is 1. The molecule has 1 amide bonds. The lowest BCUT2D eigenvalue weighted by Crippen LogP contribution is -2.58. The molecule has 0 atom stereocenters. The molecule has 2 fully saturated rings. The van der Waals surface area contributed by atoms with Crippen LogP contribution >= 0.6 is 0 Å². The van der Waals surface area contributed by atoms with E-state index in [1.165, 1.54) is 11.3 Å². The second kappa shape index (κ2) is 6.51. The molecule has 2 aromatic heterocycles. The van der Waals surface area contributed by atoms with Crippen molar-refractivity contribution in [1.29, 1.82) is 0 Å². The van der Waals surface area contributed by atoms with Crippen molar-refractivity contribution >= 4 is 17.4 Å². The van der Waals surface area contributed by atoms with Crippen LogP contribution in [-0.4, -0.2) is 77.8 Å². The van der Waals surface area contributed by atoms with Gasteiger partial charge in [0.25, 0.3) is 0 Å². The predicted octanol–water partition coefficient (Wildman–Crippen LogP) is -0.714. The van der Waals surface area contributed by atoms with E-state index in [1.54, 1.807) is 0 Å². The monoisotopic (exact) mass is 355 g/mol. The largest absolute Gasteiger partial charge is 0.354 e. The summed E-state index contributed by atoms with van der Waals surface area (Å²) in [5, 5.41) is 11.3. The fourth-order valence-electron chi connectivity index (χ4n) is 4.29. The summed E-state index contributed by atoms with van der Waals surface area (Å²) in [6.07, 6.45) is 3.72. The first-order valence-electron chi connectivity index (χ1n) is 9.62. The highest BCUT2D eigenvalue weighted by molar-refractivity contribution is 5.82. The zero-order chi connectivity index (χ0) is 17.5. The molecule has 3 aliphatic rings. The number of aromatic nitrogens is 3. The maximum atomic E-state index is 12.7. The highest BCUT2D eigenvalue weighted by Gasteiger charge is 2.38. The lowest BCUT2D eigenvalue weighted by molar-refractivity contribution is -0.136. The van der Waals surface area contributed by atoms with Crippen molar-refractivity contribution < 1.29 is 4.79 Å². The summed E-state index contributed by atoms with van der Waals surface area (Å²) in [5.41, 5.74) is 3.37. The Morgan fingerprint density at radius 3 is 2.69 bits per heavy atom. The van der Waals surface area contributed by atoms with Gasteiger partial charge in [-0.05, 0) is 13.0 Å². The Balaban J connectivity index is 1.41. The number of hydrogen-bond acceptors (Lipinski definition) is 6. The molecule has 5 heterocycles. The van der Waals surface area contributed by atoms with Crippen LogP contribution in [0.5, 0.6) is 0 Å². The van der Waals surface area contributed by atoms with Crippen LogP contribution < -0.4 is 15.5 Å². The van der Waals surface area contributed by atoms with Crippen LogP contribution in [0.1, 0.15) is 11.3 Å². The van der Waals surface area contributed by atoms with Gasteiger partial charge < -0.3 is 20.4 Å². The first kappa shape index (κ1) is 16.0. The minimum Gasteiger partial charge on any atom is -0.354 e. The zero-order valence-electron chi connectivity index (χ0n) is 14.9. The first-order chi connectivity index (χ1) is 12.8. The molecule has 3 aliphatic heterocycles. The quantitative estimate of drug-likeness (QED) is 0.741. The summed E-state index contributed by atoms with van der Waals surface area (Å²) in [6, 6.07) is 1.96. The van der Waals surface area contributed by atoms with Crippen LogP contribution in [0.2, 0.25) is 0 Å². The van der Waals surface area contributed by atoms with E-state index in [4.69, 9.17) is 4.98 Å². The Morgan fingerprint density at radius 2 is 1.85 bits per heavy atom. The Kier molecular flexibility index (Phi) is 4.01. The fourth-order valence-corrected chi connectivity index (χ4v) is 4.29. The van der Waals surface area contributed by atoms with Crippen LogP contribution in [-0.2, 0) is 17.6 Å². The molecule has 8 nitrogen and oxygen atoms in total. The standard InChI is InChI=1S/C18H25N7O/c26-18(23-9-7-20-8-10-23)13-11-24(12-13)17-14-1-4-19-5-2-15(14)22-16-3-6-21-25(16)17/h3,6,13,19-20H,1-2,4-5,7-12H2. The van der Waals surface area contributed by atoms with E-state index in [2.05, 4.69) is 20.6 Å². The molecule has 0 spiro atoms. The summed E-state index contributed by atoms with van der Waals surface area (Å²) in [4.78, 5) is 21.9. The van der Waals surface area contributed by atoms with Gasteiger partial charge in [-0.15, -0.1) is 0 Å². The third-order valence-electron chi connectivity index (χ3n) is 5.74. The van der Waals surface area contributed by atoms with E-state index < -0.39 is 0 Å². The van der Waals surface area contributed by atoms with E-state index in [0.29, 0.717) is 5.91 Å². The lowest BCUT2D eigenvalue weighted by Gasteiger charge is -2.43.